The maximum atomic E-state index is 12.7. The molecule has 8 nitrogen and oxygen atoms in total. The van der Waals surface area contributed by atoms with Gasteiger partial charge >= 0.3 is 6.09 Å². The van der Waals surface area contributed by atoms with Gasteiger partial charge in [-0.3, -0.25) is 4.57 Å². The van der Waals surface area contributed by atoms with Crippen molar-refractivity contribution in [3.05, 3.63) is 41.8 Å². The summed E-state index contributed by atoms with van der Waals surface area (Å²) in [5, 5.41) is 1.74. The number of piperidine rings is 1. The fraction of sp³-hybridized carbons (Fsp3) is 0.519. The van der Waals surface area contributed by atoms with Crippen LogP contribution in [0.2, 0.25) is 5.02 Å². The fourth-order valence-corrected chi connectivity index (χ4v) is 5.39. The van der Waals surface area contributed by atoms with Crippen molar-refractivity contribution in [1.82, 2.24) is 19.4 Å². The van der Waals surface area contributed by atoms with E-state index in [4.69, 9.17) is 26.3 Å². The number of piperazine rings is 1. The minimum absolute atomic E-state index is 0.0769. The summed E-state index contributed by atoms with van der Waals surface area (Å²) in [4.78, 5) is 28.8. The monoisotopic (exact) mass is 510 g/mol. The first kappa shape index (κ1) is 24.7. The highest BCUT2D eigenvalue weighted by Crippen LogP contribution is 2.38. The summed E-state index contributed by atoms with van der Waals surface area (Å²) in [6.07, 6.45) is 7.18. The number of fused-ring (bicyclic) bond motifs is 1. The van der Waals surface area contributed by atoms with Crippen molar-refractivity contribution in [1.29, 1.82) is 0 Å². The highest BCUT2D eigenvalue weighted by atomic mass is 35.5. The molecule has 1 amide bonds. The molecular formula is C27H35ClN6O2. The Morgan fingerprint density at radius 3 is 2.56 bits per heavy atom. The molecule has 192 valence electrons. The first-order valence-electron chi connectivity index (χ1n) is 12.8. The molecule has 0 aliphatic carbocycles. The van der Waals surface area contributed by atoms with E-state index in [9.17, 15) is 4.79 Å². The summed E-state index contributed by atoms with van der Waals surface area (Å²) in [7, 11) is 0. The summed E-state index contributed by atoms with van der Waals surface area (Å²) in [5.41, 5.74) is 2.48. The predicted octanol–water partition coefficient (Wildman–Crippen LogP) is 5.51. The Labute approximate surface area is 217 Å². The van der Waals surface area contributed by atoms with Gasteiger partial charge in [0.15, 0.2) is 5.65 Å². The van der Waals surface area contributed by atoms with Gasteiger partial charge in [-0.15, -0.1) is 0 Å². The molecule has 3 aromatic rings. The largest absolute Gasteiger partial charge is 0.444 e. The molecule has 0 spiro atoms. The molecule has 0 N–H and O–H groups in total. The number of nitrogens with zero attached hydrogens (tertiary/aromatic N) is 6. The van der Waals surface area contributed by atoms with Gasteiger partial charge in [0.2, 0.25) is 0 Å². The molecule has 2 aliphatic heterocycles. The van der Waals surface area contributed by atoms with E-state index in [2.05, 4.69) is 33.6 Å². The first-order chi connectivity index (χ1) is 17.2. The number of hydrogen-bond donors (Lipinski definition) is 0. The van der Waals surface area contributed by atoms with Crippen molar-refractivity contribution in [2.24, 2.45) is 0 Å². The maximum absolute atomic E-state index is 12.7. The van der Waals surface area contributed by atoms with Gasteiger partial charge in [-0.1, -0.05) is 17.7 Å². The second-order valence-electron chi connectivity index (χ2n) is 10.8. The molecular weight excluding hydrogens is 476 g/mol. The average molecular weight is 511 g/mol. The number of anilines is 2. The van der Waals surface area contributed by atoms with Gasteiger partial charge in [0.05, 0.1) is 11.1 Å². The Morgan fingerprint density at radius 2 is 1.86 bits per heavy atom. The van der Waals surface area contributed by atoms with Crippen LogP contribution in [0.4, 0.5) is 16.3 Å². The molecule has 0 bridgehead atoms. The molecule has 1 aromatic carbocycles. The minimum Gasteiger partial charge on any atom is -0.444 e. The van der Waals surface area contributed by atoms with Crippen LogP contribution in [0.1, 0.15) is 47.0 Å². The predicted molar refractivity (Wildman–Crippen MR) is 145 cm³/mol. The Hall–Kier alpha value is -3.00. The number of carbonyl (C=O) groups excluding carboxylic acids is 1. The molecule has 0 radical (unpaired) electrons. The summed E-state index contributed by atoms with van der Waals surface area (Å²) in [6, 6.07) is 7.94. The van der Waals surface area contributed by atoms with Crippen molar-refractivity contribution in [3.63, 3.8) is 0 Å². The maximum Gasteiger partial charge on any atom is 0.410 e. The van der Waals surface area contributed by atoms with E-state index < -0.39 is 5.60 Å². The van der Waals surface area contributed by atoms with E-state index in [-0.39, 0.29) is 12.1 Å². The number of halogens is 1. The Balaban J connectivity index is 1.54. The molecule has 2 aromatic heterocycles. The lowest BCUT2D eigenvalue weighted by atomic mass is 10.1. The zero-order valence-electron chi connectivity index (χ0n) is 21.6. The molecule has 1 atom stereocenters. The van der Waals surface area contributed by atoms with Crippen LogP contribution in [0.15, 0.2) is 36.8 Å². The van der Waals surface area contributed by atoms with Crippen LogP contribution in [0.25, 0.3) is 16.7 Å². The molecule has 5 rings (SSSR count). The summed E-state index contributed by atoms with van der Waals surface area (Å²) < 4.78 is 7.74. The highest BCUT2D eigenvalue weighted by molar-refractivity contribution is 6.30. The molecule has 0 unspecified atom stereocenters. The molecule has 9 heteroatoms. The van der Waals surface area contributed by atoms with E-state index in [0.29, 0.717) is 24.7 Å². The van der Waals surface area contributed by atoms with E-state index in [1.54, 1.807) is 11.2 Å². The lowest BCUT2D eigenvalue weighted by Crippen LogP contribution is -2.54. The zero-order valence-corrected chi connectivity index (χ0v) is 22.3. The first-order valence-corrected chi connectivity index (χ1v) is 13.2. The van der Waals surface area contributed by atoms with Gasteiger partial charge in [-0.05, 0) is 65.2 Å². The van der Waals surface area contributed by atoms with Crippen molar-refractivity contribution in [2.45, 2.75) is 58.6 Å². The number of carbonyl (C=O) groups is 1. The number of ether oxygens (including phenoxy) is 1. The number of rotatable bonds is 3. The van der Waals surface area contributed by atoms with Crippen molar-refractivity contribution in [2.75, 3.05) is 42.5 Å². The van der Waals surface area contributed by atoms with Crippen LogP contribution in [-0.4, -0.2) is 69.9 Å². The van der Waals surface area contributed by atoms with E-state index in [1.165, 1.54) is 19.3 Å². The molecule has 2 aliphatic rings. The third kappa shape index (κ3) is 4.96. The number of amides is 1. The fourth-order valence-electron chi connectivity index (χ4n) is 5.21. The van der Waals surface area contributed by atoms with Gasteiger partial charge in [-0.25, -0.2) is 14.8 Å². The van der Waals surface area contributed by atoms with Gasteiger partial charge < -0.3 is 19.4 Å². The summed E-state index contributed by atoms with van der Waals surface area (Å²) in [5.74, 6) is 0.915. The Morgan fingerprint density at radius 1 is 1.08 bits per heavy atom. The Kier molecular flexibility index (Phi) is 6.72. The van der Waals surface area contributed by atoms with E-state index in [0.717, 1.165) is 41.3 Å². The van der Waals surface area contributed by atoms with E-state index >= 15 is 0 Å². The topological polar surface area (TPSA) is 66.7 Å². The molecule has 0 saturated carbocycles. The summed E-state index contributed by atoms with van der Waals surface area (Å²) >= 11 is 6.35. The molecule has 4 heterocycles. The van der Waals surface area contributed by atoms with Crippen LogP contribution >= 0.6 is 11.6 Å². The van der Waals surface area contributed by atoms with Crippen LogP contribution in [0, 0.1) is 0 Å². The Bertz CT molecular complexity index is 1250. The van der Waals surface area contributed by atoms with Gasteiger partial charge in [0.1, 0.15) is 17.7 Å². The average Bonchev–Trinajstić information content (AvgIpc) is 3.24. The number of benzene rings is 1. The SMILES string of the molecule is C[C@H]1CN(C(=O)OC(C)(C)C)CCN1c1ncnc2c1c(N1CCCCC1)cn2-c1cccc(Cl)c1. The van der Waals surface area contributed by atoms with Gasteiger partial charge in [-0.2, -0.15) is 0 Å². The second kappa shape index (κ2) is 9.81. The number of hydrogen-bond acceptors (Lipinski definition) is 6. The van der Waals surface area contributed by atoms with Crippen LogP contribution in [0.5, 0.6) is 0 Å². The lowest BCUT2D eigenvalue weighted by molar-refractivity contribution is 0.0218. The molecule has 36 heavy (non-hydrogen) atoms. The van der Waals surface area contributed by atoms with Gasteiger partial charge in [0.25, 0.3) is 0 Å². The third-order valence-electron chi connectivity index (χ3n) is 6.88. The lowest BCUT2D eigenvalue weighted by Gasteiger charge is -2.41. The van der Waals surface area contributed by atoms with Crippen LogP contribution in [0.3, 0.4) is 0 Å². The quantitative estimate of drug-likeness (QED) is 0.463. The van der Waals surface area contributed by atoms with E-state index in [1.807, 2.05) is 39.0 Å². The van der Waals surface area contributed by atoms with Gasteiger partial charge in [0, 0.05) is 55.7 Å². The smallest absolute Gasteiger partial charge is 0.410 e. The molecule has 2 fully saturated rings. The van der Waals surface area contributed by atoms with Crippen molar-refractivity contribution in [3.8, 4) is 5.69 Å². The third-order valence-corrected chi connectivity index (χ3v) is 7.11. The van der Waals surface area contributed by atoms with Crippen LogP contribution < -0.4 is 9.80 Å². The zero-order chi connectivity index (χ0) is 25.4. The minimum atomic E-state index is -0.511. The van der Waals surface area contributed by atoms with Crippen molar-refractivity contribution < 1.29 is 9.53 Å². The second-order valence-corrected chi connectivity index (χ2v) is 11.2. The highest BCUT2D eigenvalue weighted by Gasteiger charge is 2.33. The number of aromatic nitrogens is 3. The van der Waals surface area contributed by atoms with Crippen molar-refractivity contribution >= 4 is 40.2 Å². The normalized spacial score (nSPS) is 19.1. The van der Waals surface area contributed by atoms with Crippen LogP contribution in [-0.2, 0) is 4.74 Å². The summed E-state index contributed by atoms with van der Waals surface area (Å²) in [6.45, 7) is 11.7. The molecule has 2 saturated heterocycles. The standard InChI is InChI=1S/C27H35ClN6O2/c1-19-16-32(26(35)36-27(2,3)4)13-14-33(19)24-23-22(31-11-6-5-7-12-31)17-34(25(23)30-18-29-24)21-10-8-9-20(28)15-21/h8-10,15,17-19H,5-7,11-14,16H2,1-4H3/t19-/m0/s1.